The molecule has 19 heavy (non-hydrogen) atoms. The fourth-order valence-corrected chi connectivity index (χ4v) is 2.26. The molecule has 7 heteroatoms. The molecule has 0 aliphatic carbocycles. The molecule has 1 heterocycles. The Morgan fingerprint density at radius 3 is 2.16 bits per heavy atom. The Labute approximate surface area is 112 Å². The normalized spacial score (nSPS) is 34.7. The lowest BCUT2D eigenvalue weighted by molar-refractivity contribution is -0.270. The summed E-state index contributed by atoms with van der Waals surface area (Å²) in [5.74, 6) is -0.719. The van der Waals surface area contributed by atoms with Gasteiger partial charge < -0.3 is 24.3 Å². The summed E-state index contributed by atoms with van der Waals surface area (Å²) < 4.78 is 21.3. The number of carbonyl (C=O) groups is 2. The number of esters is 1. The number of rotatable bonds is 4. The van der Waals surface area contributed by atoms with E-state index in [1.165, 1.54) is 28.1 Å². The molecule has 0 aromatic carbocycles. The molecule has 0 aromatic rings. The lowest BCUT2D eigenvalue weighted by Crippen LogP contribution is -2.64. The van der Waals surface area contributed by atoms with Gasteiger partial charge in [0.05, 0.1) is 12.1 Å². The third-order valence-electron chi connectivity index (χ3n) is 2.96. The van der Waals surface area contributed by atoms with Gasteiger partial charge in [0.15, 0.2) is 12.4 Å². The quantitative estimate of drug-likeness (QED) is 0.717. The number of amides is 1. The first-order valence-electron chi connectivity index (χ1n) is 6.06. The van der Waals surface area contributed by atoms with Gasteiger partial charge in [-0.2, -0.15) is 0 Å². The number of ether oxygens (including phenoxy) is 4. The molecule has 1 N–H and O–H groups in total. The van der Waals surface area contributed by atoms with Crippen molar-refractivity contribution in [2.45, 2.75) is 51.4 Å². The van der Waals surface area contributed by atoms with Crippen LogP contribution >= 0.6 is 0 Å². The minimum absolute atomic E-state index is 0.242. The highest BCUT2D eigenvalue weighted by atomic mass is 16.7. The van der Waals surface area contributed by atoms with E-state index in [0.29, 0.717) is 0 Å². The standard InChI is InChI=1S/C12H21NO6/c1-6-10(16-4)9(13-7(2)14)11(19-8(3)15)12(17-5)18-6/h6,9-12H,1-5H3,(H,13,14)/t6-,9-,10+,11-,12+/m1/s1. The Balaban J connectivity index is 2.99. The van der Waals surface area contributed by atoms with E-state index in [9.17, 15) is 9.59 Å². The predicted molar refractivity (Wildman–Crippen MR) is 65.3 cm³/mol. The molecule has 1 aliphatic heterocycles. The van der Waals surface area contributed by atoms with Crippen LogP contribution in [-0.2, 0) is 28.5 Å². The lowest BCUT2D eigenvalue weighted by atomic mass is 9.96. The van der Waals surface area contributed by atoms with Crippen molar-refractivity contribution >= 4 is 11.9 Å². The number of carbonyl (C=O) groups excluding carboxylic acids is 2. The van der Waals surface area contributed by atoms with Gasteiger partial charge in [0.25, 0.3) is 0 Å². The maximum atomic E-state index is 11.3. The summed E-state index contributed by atoms with van der Waals surface area (Å²) in [6.45, 7) is 4.48. The number of hydrogen-bond donors (Lipinski definition) is 1. The van der Waals surface area contributed by atoms with Gasteiger partial charge in [0, 0.05) is 28.1 Å². The molecule has 0 saturated carbocycles. The molecule has 0 unspecified atom stereocenters. The van der Waals surface area contributed by atoms with E-state index in [4.69, 9.17) is 18.9 Å². The topological polar surface area (TPSA) is 83.1 Å². The van der Waals surface area contributed by atoms with Gasteiger partial charge in [-0.1, -0.05) is 0 Å². The van der Waals surface area contributed by atoms with Gasteiger partial charge in [-0.25, -0.2) is 0 Å². The summed E-state index contributed by atoms with van der Waals surface area (Å²) >= 11 is 0. The fourth-order valence-electron chi connectivity index (χ4n) is 2.26. The zero-order valence-electron chi connectivity index (χ0n) is 11.8. The molecule has 1 saturated heterocycles. The molecule has 0 spiro atoms. The zero-order chi connectivity index (χ0) is 14.6. The second kappa shape index (κ2) is 6.83. The summed E-state index contributed by atoms with van der Waals surface area (Å²) in [4.78, 5) is 22.5. The van der Waals surface area contributed by atoms with Crippen LogP contribution in [0, 0.1) is 0 Å². The Kier molecular flexibility index (Phi) is 5.71. The third kappa shape index (κ3) is 3.89. The Morgan fingerprint density at radius 2 is 1.74 bits per heavy atom. The summed E-state index contributed by atoms with van der Waals surface area (Å²) in [6.07, 6.45) is -2.24. The molecule has 0 aromatic heterocycles. The van der Waals surface area contributed by atoms with Crippen LogP contribution in [0.15, 0.2) is 0 Å². The van der Waals surface area contributed by atoms with Gasteiger partial charge >= 0.3 is 5.97 Å². The minimum atomic E-state index is -0.757. The number of methoxy groups -OCH3 is 2. The highest BCUT2D eigenvalue weighted by molar-refractivity contribution is 5.73. The lowest BCUT2D eigenvalue weighted by Gasteiger charge is -2.44. The fraction of sp³-hybridized carbons (Fsp3) is 0.833. The van der Waals surface area contributed by atoms with Crippen molar-refractivity contribution in [2.75, 3.05) is 14.2 Å². The highest BCUT2D eigenvalue weighted by Gasteiger charge is 2.47. The molecular weight excluding hydrogens is 254 g/mol. The zero-order valence-corrected chi connectivity index (χ0v) is 11.8. The monoisotopic (exact) mass is 275 g/mol. The van der Waals surface area contributed by atoms with Crippen LogP contribution in [0.25, 0.3) is 0 Å². The molecule has 1 rings (SSSR count). The minimum Gasteiger partial charge on any atom is -0.455 e. The van der Waals surface area contributed by atoms with Crippen molar-refractivity contribution in [3.05, 3.63) is 0 Å². The maximum absolute atomic E-state index is 11.3. The second-order valence-corrected chi connectivity index (χ2v) is 4.45. The Hall–Kier alpha value is -1.18. The maximum Gasteiger partial charge on any atom is 0.303 e. The summed E-state index contributed by atoms with van der Waals surface area (Å²) in [7, 11) is 2.96. The van der Waals surface area contributed by atoms with Crippen LogP contribution in [0.4, 0.5) is 0 Å². The first-order valence-corrected chi connectivity index (χ1v) is 6.06. The number of hydrogen-bond acceptors (Lipinski definition) is 6. The molecular formula is C12H21NO6. The summed E-state index contributed by atoms with van der Waals surface area (Å²) in [5, 5.41) is 2.73. The molecule has 0 radical (unpaired) electrons. The molecule has 1 amide bonds. The average Bonchev–Trinajstić information content (AvgIpc) is 2.31. The highest BCUT2D eigenvalue weighted by Crippen LogP contribution is 2.25. The van der Waals surface area contributed by atoms with Crippen molar-refractivity contribution in [3.63, 3.8) is 0 Å². The van der Waals surface area contributed by atoms with Gasteiger partial charge in [-0.05, 0) is 6.92 Å². The number of nitrogens with one attached hydrogen (secondary N) is 1. The first-order chi connectivity index (χ1) is 8.90. The largest absolute Gasteiger partial charge is 0.455 e. The second-order valence-electron chi connectivity index (χ2n) is 4.45. The van der Waals surface area contributed by atoms with Gasteiger partial charge in [-0.3, -0.25) is 9.59 Å². The predicted octanol–water partition coefficient (Wildman–Crippen LogP) is -0.171. The van der Waals surface area contributed by atoms with Crippen molar-refractivity contribution in [2.24, 2.45) is 0 Å². The van der Waals surface area contributed by atoms with E-state index >= 15 is 0 Å². The van der Waals surface area contributed by atoms with Crippen LogP contribution in [0.2, 0.25) is 0 Å². The van der Waals surface area contributed by atoms with E-state index < -0.39 is 30.5 Å². The van der Waals surface area contributed by atoms with Crippen LogP contribution in [-0.4, -0.2) is 56.7 Å². The van der Waals surface area contributed by atoms with Crippen molar-refractivity contribution in [1.29, 1.82) is 0 Å². The van der Waals surface area contributed by atoms with Crippen LogP contribution < -0.4 is 5.32 Å². The summed E-state index contributed by atoms with van der Waals surface area (Å²) in [5.41, 5.74) is 0. The van der Waals surface area contributed by atoms with E-state index in [-0.39, 0.29) is 12.0 Å². The molecule has 5 atom stereocenters. The van der Waals surface area contributed by atoms with E-state index in [1.807, 2.05) is 0 Å². The van der Waals surface area contributed by atoms with Crippen molar-refractivity contribution in [3.8, 4) is 0 Å². The van der Waals surface area contributed by atoms with Crippen molar-refractivity contribution in [1.82, 2.24) is 5.32 Å². The Morgan fingerprint density at radius 1 is 1.11 bits per heavy atom. The summed E-state index contributed by atoms with van der Waals surface area (Å²) in [6, 6.07) is -0.528. The first kappa shape index (κ1) is 15.9. The molecule has 1 fully saturated rings. The van der Waals surface area contributed by atoms with E-state index in [2.05, 4.69) is 5.32 Å². The Bertz CT molecular complexity index is 334. The van der Waals surface area contributed by atoms with Gasteiger partial charge in [-0.15, -0.1) is 0 Å². The van der Waals surface area contributed by atoms with Gasteiger partial charge in [0.1, 0.15) is 6.10 Å². The molecule has 110 valence electrons. The smallest absolute Gasteiger partial charge is 0.303 e. The van der Waals surface area contributed by atoms with E-state index in [0.717, 1.165) is 0 Å². The molecule has 1 aliphatic rings. The van der Waals surface area contributed by atoms with Crippen LogP contribution in [0.3, 0.4) is 0 Å². The van der Waals surface area contributed by atoms with E-state index in [1.54, 1.807) is 6.92 Å². The van der Waals surface area contributed by atoms with Crippen LogP contribution in [0.5, 0.6) is 0 Å². The van der Waals surface area contributed by atoms with Gasteiger partial charge in [0.2, 0.25) is 5.91 Å². The third-order valence-corrected chi connectivity index (χ3v) is 2.96. The van der Waals surface area contributed by atoms with Crippen molar-refractivity contribution < 1.29 is 28.5 Å². The van der Waals surface area contributed by atoms with Crippen LogP contribution in [0.1, 0.15) is 20.8 Å². The average molecular weight is 275 g/mol. The molecule has 0 bridgehead atoms. The molecule has 7 nitrogen and oxygen atoms in total. The SMILES string of the molecule is CO[C@H]1O[C@H](C)[C@H](OC)[C@@H](NC(C)=O)[C@H]1OC(C)=O.